The van der Waals surface area contributed by atoms with Crippen molar-refractivity contribution in [1.82, 2.24) is 0 Å². The molecule has 0 aromatic carbocycles. The van der Waals surface area contributed by atoms with Gasteiger partial charge in [0.1, 0.15) is 30.5 Å². The van der Waals surface area contributed by atoms with Gasteiger partial charge in [0.25, 0.3) is 0 Å². The predicted octanol–water partition coefficient (Wildman–Crippen LogP) is 12.2. The third-order valence-electron chi connectivity index (χ3n) is 11.6. The first-order chi connectivity index (χ1) is 32.6. The van der Waals surface area contributed by atoms with Gasteiger partial charge in [-0.3, -0.25) is 9.35 Å². The standard InChI is InChI=1S/C54H94O12S/c1-3-5-7-9-11-13-15-17-19-20-21-22-23-24-25-26-27-28-29-30-32-34-36-38-40-42-44-62-46-48(47-63-54-52(58)53(66-67(59,60)61)51(57)49(45-55)65-54)64-50(56)43-41-39-37-35-33-31-18-16-14-12-10-8-6-4-2/h5,7,10-13,16-19,21-22,48-49,51-55,57-58H,3-4,6,8-9,14-15,20,23-47H2,1-2H3,(H,59,60,61)/b7-5-,12-10-,13-11-,18-16-,19-17-,22-21-. The van der Waals surface area contributed by atoms with Crippen LogP contribution >= 0.6 is 0 Å². The van der Waals surface area contributed by atoms with Crippen molar-refractivity contribution in [2.24, 2.45) is 0 Å². The molecule has 0 radical (unpaired) electrons. The molecule has 0 spiro atoms. The normalized spacial score (nSPS) is 20.0. The van der Waals surface area contributed by atoms with Crippen molar-refractivity contribution in [3.63, 3.8) is 0 Å². The summed E-state index contributed by atoms with van der Waals surface area (Å²) in [5.41, 5.74) is 0. The average molecular weight is 967 g/mol. The highest BCUT2D eigenvalue weighted by molar-refractivity contribution is 7.80. The highest BCUT2D eigenvalue weighted by atomic mass is 32.3. The van der Waals surface area contributed by atoms with Gasteiger partial charge in [0, 0.05) is 13.0 Å². The number of hydrogen-bond donors (Lipinski definition) is 4. The van der Waals surface area contributed by atoms with E-state index in [4.69, 9.17) is 18.9 Å². The van der Waals surface area contributed by atoms with E-state index in [2.05, 4.69) is 90.9 Å². The van der Waals surface area contributed by atoms with Gasteiger partial charge in [-0.05, 0) is 77.0 Å². The molecule has 1 fully saturated rings. The van der Waals surface area contributed by atoms with Crippen molar-refractivity contribution >= 4 is 16.4 Å². The minimum atomic E-state index is -5.07. The molecular weight excluding hydrogens is 873 g/mol. The SMILES string of the molecule is CC/C=C\C/C=C\C/C=C\C/C=C\CCCCCCCCCCCCCCCOCC(COC1OC(CO)C(O)C(OS(=O)(=O)O)C1O)OC(=O)CCCCCCC/C=C\C/C=C\CCCC. The van der Waals surface area contributed by atoms with E-state index in [-0.39, 0.29) is 19.6 Å². The van der Waals surface area contributed by atoms with Crippen LogP contribution in [0.1, 0.15) is 200 Å². The van der Waals surface area contributed by atoms with E-state index in [1.165, 1.54) is 83.5 Å². The molecule has 1 heterocycles. The molecule has 0 amide bonds. The number of aliphatic hydroxyl groups excluding tert-OH is 3. The molecule has 0 saturated carbocycles. The topological polar surface area (TPSA) is 178 Å². The van der Waals surface area contributed by atoms with Crippen LogP contribution in [0.3, 0.4) is 0 Å². The van der Waals surface area contributed by atoms with Gasteiger partial charge in [0.15, 0.2) is 6.29 Å². The molecule has 0 aromatic heterocycles. The van der Waals surface area contributed by atoms with Crippen LogP contribution in [0.5, 0.6) is 0 Å². The van der Waals surface area contributed by atoms with Crippen LogP contribution in [0.15, 0.2) is 72.9 Å². The van der Waals surface area contributed by atoms with Gasteiger partial charge in [-0.15, -0.1) is 0 Å². The van der Waals surface area contributed by atoms with Crippen LogP contribution in [-0.4, -0.2) is 97.5 Å². The Labute approximate surface area is 407 Å². The number of hydrogen-bond acceptors (Lipinski definition) is 11. The van der Waals surface area contributed by atoms with E-state index in [1.807, 2.05) is 0 Å². The van der Waals surface area contributed by atoms with Gasteiger partial charge in [0.2, 0.25) is 0 Å². The summed E-state index contributed by atoms with van der Waals surface area (Å²) in [6, 6.07) is 0. The van der Waals surface area contributed by atoms with Gasteiger partial charge >= 0.3 is 16.4 Å². The molecule has 6 atom stereocenters. The van der Waals surface area contributed by atoms with E-state index >= 15 is 0 Å². The Hall–Kier alpha value is -2.46. The largest absolute Gasteiger partial charge is 0.457 e. The third-order valence-corrected chi connectivity index (χ3v) is 12.0. The maximum absolute atomic E-state index is 12.9. The summed E-state index contributed by atoms with van der Waals surface area (Å²) in [5.74, 6) is -0.415. The van der Waals surface area contributed by atoms with E-state index in [0.717, 1.165) is 89.9 Å². The molecule has 1 aliphatic heterocycles. The Balaban J connectivity index is 2.30. The van der Waals surface area contributed by atoms with Gasteiger partial charge in [0.05, 0.1) is 19.8 Å². The zero-order chi connectivity index (χ0) is 48.9. The number of esters is 1. The minimum absolute atomic E-state index is 0.0267. The lowest BCUT2D eigenvalue weighted by Crippen LogP contribution is -2.60. The summed E-state index contributed by atoms with van der Waals surface area (Å²) in [4.78, 5) is 12.9. The van der Waals surface area contributed by atoms with Crippen molar-refractivity contribution in [3.05, 3.63) is 72.9 Å². The second kappa shape index (κ2) is 44.7. The van der Waals surface area contributed by atoms with Crippen LogP contribution in [0, 0.1) is 0 Å². The highest BCUT2D eigenvalue weighted by Gasteiger charge is 2.48. The number of allylic oxidation sites excluding steroid dienone is 12. The molecule has 67 heavy (non-hydrogen) atoms. The molecule has 1 saturated heterocycles. The van der Waals surface area contributed by atoms with Crippen LogP contribution in [0.2, 0.25) is 0 Å². The van der Waals surface area contributed by atoms with Crippen LogP contribution in [0.4, 0.5) is 0 Å². The van der Waals surface area contributed by atoms with E-state index in [9.17, 15) is 33.1 Å². The molecule has 388 valence electrons. The molecule has 12 nitrogen and oxygen atoms in total. The van der Waals surface area contributed by atoms with Crippen molar-refractivity contribution in [2.45, 2.75) is 237 Å². The second-order valence-corrected chi connectivity index (χ2v) is 18.8. The van der Waals surface area contributed by atoms with Crippen LogP contribution < -0.4 is 0 Å². The lowest BCUT2D eigenvalue weighted by molar-refractivity contribution is -0.301. The summed E-state index contributed by atoms with van der Waals surface area (Å²) in [5, 5.41) is 30.7. The van der Waals surface area contributed by atoms with Crippen LogP contribution in [0.25, 0.3) is 0 Å². The first-order valence-electron chi connectivity index (χ1n) is 26.2. The second-order valence-electron chi connectivity index (χ2n) is 17.7. The summed E-state index contributed by atoms with van der Waals surface area (Å²) in [6.07, 6.45) is 49.4. The van der Waals surface area contributed by atoms with Gasteiger partial charge in [-0.2, -0.15) is 8.42 Å². The predicted molar refractivity (Wildman–Crippen MR) is 271 cm³/mol. The molecule has 4 N–H and O–H groups in total. The molecule has 1 rings (SSSR count). The Bertz CT molecular complexity index is 1440. The molecule has 0 aromatic rings. The van der Waals surface area contributed by atoms with E-state index in [0.29, 0.717) is 13.0 Å². The first kappa shape index (κ1) is 62.6. The van der Waals surface area contributed by atoms with Crippen molar-refractivity contribution < 1.29 is 56.2 Å². The molecule has 13 heteroatoms. The number of ether oxygens (including phenoxy) is 4. The summed E-state index contributed by atoms with van der Waals surface area (Å²) in [7, 11) is -5.07. The number of rotatable bonds is 45. The van der Waals surface area contributed by atoms with E-state index < -0.39 is 59.8 Å². The maximum atomic E-state index is 12.9. The quantitative estimate of drug-likeness (QED) is 0.0197. The fraction of sp³-hybridized carbons (Fsp3) is 0.759. The Morgan fingerprint density at radius 2 is 1.03 bits per heavy atom. The first-order valence-corrected chi connectivity index (χ1v) is 27.6. The van der Waals surface area contributed by atoms with Gasteiger partial charge in [-0.1, -0.05) is 189 Å². The lowest BCUT2D eigenvalue weighted by atomic mass is 9.99. The number of unbranched alkanes of at least 4 members (excludes halogenated alkanes) is 20. The summed E-state index contributed by atoms with van der Waals surface area (Å²) < 4.78 is 59.2. The fourth-order valence-corrected chi connectivity index (χ4v) is 8.13. The molecule has 0 bridgehead atoms. The van der Waals surface area contributed by atoms with Crippen molar-refractivity contribution in [1.29, 1.82) is 0 Å². The van der Waals surface area contributed by atoms with Crippen molar-refractivity contribution in [2.75, 3.05) is 26.4 Å². The maximum Gasteiger partial charge on any atom is 0.397 e. The molecule has 0 aliphatic carbocycles. The summed E-state index contributed by atoms with van der Waals surface area (Å²) in [6.45, 7) is 3.82. The van der Waals surface area contributed by atoms with Gasteiger partial charge in [-0.25, -0.2) is 4.18 Å². The van der Waals surface area contributed by atoms with Crippen LogP contribution in [-0.2, 0) is 38.3 Å². The molecular formula is C54H94O12S. The Morgan fingerprint density at radius 1 is 0.582 bits per heavy atom. The van der Waals surface area contributed by atoms with Crippen molar-refractivity contribution in [3.8, 4) is 0 Å². The third kappa shape index (κ3) is 38.0. The average Bonchev–Trinajstić information content (AvgIpc) is 3.30. The molecule has 6 unspecified atom stereocenters. The fourth-order valence-electron chi connectivity index (χ4n) is 7.62. The minimum Gasteiger partial charge on any atom is -0.457 e. The Kier molecular flexibility index (Phi) is 41.8. The smallest absolute Gasteiger partial charge is 0.397 e. The zero-order valence-corrected chi connectivity index (χ0v) is 42.5. The zero-order valence-electron chi connectivity index (χ0n) is 41.7. The Morgan fingerprint density at radius 3 is 1.51 bits per heavy atom. The summed E-state index contributed by atoms with van der Waals surface area (Å²) >= 11 is 0. The number of carbonyl (C=O) groups is 1. The number of carbonyl (C=O) groups excluding carboxylic acids is 1. The molecule has 1 aliphatic rings. The highest BCUT2D eigenvalue weighted by Crippen LogP contribution is 2.26. The lowest BCUT2D eigenvalue weighted by Gasteiger charge is -2.41. The van der Waals surface area contributed by atoms with E-state index in [1.54, 1.807) is 0 Å². The van der Waals surface area contributed by atoms with Gasteiger partial charge < -0.3 is 34.3 Å². The monoisotopic (exact) mass is 967 g/mol. The number of aliphatic hydroxyl groups is 3.